The molecule has 0 spiro atoms. The highest BCUT2D eigenvalue weighted by Gasteiger charge is 2.54. The van der Waals surface area contributed by atoms with E-state index in [4.69, 9.17) is 4.74 Å². The minimum Gasteiger partial charge on any atom is -0.466 e. The van der Waals surface area contributed by atoms with Crippen molar-refractivity contribution in [3.05, 3.63) is 0 Å². The van der Waals surface area contributed by atoms with Crippen LogP contribution in [0.4, 0.5) is 8.78 Å². The van der Waals surface area contributed by atoms with E-state index in [1.165, 1.54) is 0 Å². The number of hydrogen-bond acceptors (Lipinski definition) is 3. The molecule has 5 heteroatoms. The van der Waals surface area contributed by atoms with Gasteiger partial charge in [-0.1, -0.05) is 33.1 Å². The maximum Gasteiger partial charge on any atom is 0.317 e. The summed E-state index contributed by atoms with van der Waals surface area (Å²) in [6.07, 6.45) is 1.36. The van der Waals surface area contributed by atoms with Gasteiger partial charge in [-0.25, -0.2) is 8.78 Å². The summed E-state index contributed by atoms with van der Waals surface area (Å²) in [7, 11) is 0. The number of halogens is 2. The second kappa shape index (κ2) is 7.34. The minimum absolute atomic E-state index is 0.0426. The molecule has 0 bridgehead atoms. The van der Waals surface area contributed by atoms with Gasteiger partial charge in [0, 0.05) is 0 Å². The Labute approximate surface area is 119 Å². The molecule has 2 unspecified atom stereocenters. The van der Waals surface area contributed by atoms with Gasteiger partial charge in [0.15, 0.2) is 0 Å². The molecule has 118 valence electrons. The lowest BCUT2D eigenvalue weighted by Crippen LogP contribution is -2.56. The molecule has 0 amide bonds. The Hall–Kier alpha value is -0.710. The van der Waals surface area contributed by atoms with Crippen LogP contribution in [-0.2, 0) is 9.53 Å². The van der Waals surface area contributed by atoms with Crippen molar-refractivity contribution in [2.24, 2.45) is 17.8 Å². The van der Waals surface area contributed by atoms with E-state index in [1.54, 1.807) is 20.8 Å². The third kappa shape index (κ3) is 3.48. The molecule has 1 saturated carbocycles. The number of carbonyl (C=O) groups is 1. The summed E-state index contributed by atoms with van der Waals surface area (Å²) in [5.41, 5.74) is -1.69. The van der Waals surface area contributed by atoms with Gasteiger partial charge in [0.25, 0.3) is 6.43 Å². The molecule has 1 aliphatic rings. The molecule has 0 radical (unpaired) electrons. The largest absolute Gasteiger partial charge is 0.466 e. The van der Waals surface area contributed by atoms with Crippen molar-refractivity contribution in [3.8, 4) is 0 Å². The Kier molecular flexibility index (Phi) is 6.37. The monoisotopic (exact) mass is 292 g/mol. The predicted octanol–water partition coefficient (Wildman–Crippen LogP) is 3.40. The molecule has 1 fully saturated rings. The maximum atomic E-state index is 13.4. The van der Waals surface area contributed by atoms with Gasteiger partial charge in [0.05, 0.1) is 12.2 Å². The van der Waals surface area contributed by atoms with Crippen molar-refractivity contribution in [1.29, 1.82) is 0 Å². The SMILES string of the molecule is CCOC(=O)C(C(F)F)C(O)(C(C)C)C1CCCCC1. The Morgan fingerprint density at radius 3 is 2.25 bits per heavy atom. The van der Waals surface area contributed by atoms with E-state index in [-0.39, 0.29) is 12.5 Å². The number of aliphatic hydroxyl groups is 1. The number of carbonyl (C=O) groups excluding carboxylic acids is 1. The lowest BCUT2D eigenvalue weighted by atomic mass is 9.65. The van der Waals surface area contributed by atoms with E-state index < -0.39 is 29.8 Å². The zero-order valence-electron chi connectivity index (χ0n) is 12.6. The normalized spacial score (nSPS) is 21.8. The zero-order valence-corrected chi connectivity index (χ0v) is 12.6. The Morgan fingerprint density at radius 2 is 1.85 bits per heavy atom. The molecule has 1 aliphatic carbocycles. The maximum absolute atomic E-state index is 13.4. The van der Waals surface area contributed by atoms with Gasteiger partial charge in [-0.2, -0.15) is 0 Å². The highest BCUT2D eigenvalue weighted by Crippen LogP contribution is 2.44. The van der Waals surface area contributed by atoms with Crippen LogP contribution in [0.1, 0.15) is 52.9 Å². The summed E-state index contributed by atoms with van der Waals surface area (Å²) in [5.74, 6) is -3.43. The van der Waals surface area contributed by atoms with E-state index in [0.29, 0.717) is 12.8 Å². The molecule has 2 atom stereocenters. The number of alkyl halides is 2. The van der Waals surface area contributed by atoms with Crippen molar-refractivity contribution in [3.63, 3.8) is 0 Å². The first-order valence-electron chi connectivity index (χ1n) is 7.52. The molecular formula is C15H26F2O3. The highest BCUT2D eigenvalue weighted by molar-refractivity contribution is 5.74. The van der Waals surface area contributed by atoms with Gasteiger partial charge in [-0.05, 0) is 31.6 Å². The molecule has 0 aromatic rings. The first-order chi connectivity index (χ1) is 9.35. The van der Waals surface area contributed by atoms with Crippen LogP contribution in [0.5, 0.6) is 0 Å². The summed E-state index contributed by atoms with van der Waals surface area (Å²) >= 11 is 0. The molecule has 0 aromatic carbocycles. The summed E-state index contributed by atoms with van der Waals surface area (Å²) in [6.45, 7) is 5.02. The van der Waals surface area contributed by atoms with Crippen molar-refractivity contribution >= 4 is 5.97 Å². The van der Waals surface area contributed by atoms with Crippen LogP contribution in [0, 0.1) is 17.8 Å². The van der Waals surface area contributed by atoms with Crippen molar-refractivity contribution in [2.45, 2.75) is 64.9 Å². The fourth-order valence-corrected chi connectivity index (χ4v) is 3.37. The fourth-order valence-electron chi connectivity index (χ4n) is 3.37. The van der Waals surface area contributed by atoms with Crippen LogP contribution in [-0.4, -0.2) is 29.7 Å². The molecule has 20 heavy (non-hydrogen) atoms. The van der Waals surface area contributed by atoms with Crippen LogP contribution < -0.4 is 0 Å². The summed E-state index contributed by atoms with van der Waals surface area (Å²) in [5, 5.41) is 11.0. The van der Waals surface area contributed by atoms with E-state index in [0.717, 1.165) is 19.3 Å². The van der Waals surface area contributed by atoms with Crippen LogP contribution in [0.25, 0.3) is 0 Å². The molecular weight excluding hydrogens is 266 g/mol. The van der Waals surface area contributed by atoms with E-state index >= 15 is 0 Å². The van der Waals surface area contributed by atoms with Crippen LogP contribution >= 0.6 is 0 Å². The van der Waals surface area contributed by atoms with Crippen LogP contribution in [0.2, 0.25) is 0 Å². The Bertz CT molecular complexity index is 314. The lowest BCUT2D eigenvalue weighted by molar-refractivity contribution is -0.190. The Balaban J connectivity index is 3.08. The summed E-state index contributed by atoms with van der Waals surface area (Å²) in [6, 6.07) is 0. The molecule has 0 saturated heterocycles. The average Bonchev–Trinajstić information content (AvgIpc) is 2.39. The van der Waals surface area contributed by atoms with Crippen molar-refractivity contribution in [1.82, 2.24) is 0 Å². The average molecular weight is 292 g/mol. The topological polar surface area (TPSA) is 46.5 Å². The molecule has 0 aromatic heterocycles. The third-order valence-electron chi connectivity index (χ3n) is 4.47. The smallest absolute Gasteiger partial charge is 0.317 e. The summed E-state index contributed by atoms with van der Waals surface area (Å²) in [4.78, 5) is 11.9. The van der Waals surface area contributed by atoms with Crippen LogP contribution in [0.3, 0.4) is 0 Å². The van der Waals surface area contributed by atoms with E-state index in [1.807, 2.05) is 0 Å². The van der Waals surface area contributed by atoms with E-state index in [2.05, 4.69) is 0 Å². The molecule has 3 nitrogen and oxygen atoms in total. The number of esters is 1. The minimum atomic E-state index is -2.91. The zero-order chi connectivity index (χ0) is 15.3. The highest BCUT2D eigenvalue weighted by atomic mass is 19.3. The first-order valence-corrected chi connectivity index (χ1v) is 7.52. The van der Waals surface area contributed by atoms with Crippen molar-refractivity contribution < 1.29 is 23.4 Å². The third-order valence-corrected chi connectivity index (χ3v) is 4.47. The summed E-state index contributed by atoms with van der Waals surface area (Å²) < 4.78 is 31.6. The van der Waals surface area contributed by atoms with Gasteiger partial charge in [-0.15, -0.1) is 0 Å². The first kappa shape index (κ1) is 17.3. The molecule has 0 aliphatic heterocycles. The van der Waals surface area contributed by atoms with Gasteiger partial charge in [0.2, 0.25) is 0 Å². The van der Waals surface area contributed by atoms with E-state index in [9.17, 15) is 18.7 Å². The predicted molar refractivity (Wildman–Crippen MR) is 72.5 cm³/mol. The van der Waals surface area contributed by atoms with Gasteiger partial charge in [0.1, 0.15) is 5.92 Å². The van der Waals surface area contributed by atoms with Crippen molar-refractivity contribution in [2.75, 3.05) is 6.61 Å². The van der Waals surface area contributed by atoms with Gasteiger partial charge in [-0.3, -0.25) is 4.79 Å². The number of ether oxygens (including phenoxy) is 1. The molecule has 1 rings (SSSR count). The van der Waals surface area contributed by atoms with Gasteiger partial charge >= 0.3 is 5.97 Å². The van der Waals surface area contributed by atoms with Gasteiger partial charge < -0.3 is 9.84 Å². The molecule has 1 N–H and O–H groups in total. The fraction of sp³-hybridized carbons (Fsp3) is 0.933. The number of hydrogen-bond donors (Lipinski definition) is 1. The standard InChI is InChI=1S/C15H26F2O3/c1-4-20-14(18)12(13(16)17)15(19,10(2)3)11-8-6-5-7-9-11/h10-13,19H,4-9H2,1-3H3. The number of rotatable bonds is 6. The quantitative estimate of drug-likeness (QED) is 0.763. The Morgan fingerprint density at radius 1 is 1.30 bits per heavy atom. The second-order valence-corrected chi connectivity index (χ2v) is 5.94. The van der Waals surface area contributed by atoms with Crippen LogP contribution in [0.15, 0.2) is 0 Å². The molecule has 0 heterocycles. The lowest BCUT2D eigenvalue weighted by Gasteiger charge is -2.45. The second-order valence-electron chi connectivity index (χ2n) is 5.94.